The van der Waals surface area contributed by atoms with E-state index in [4.69, 9.17) is 0 Å². The molecule has 0 spiro atoms. The Morgan fingerprint density at radius 2 is 1.70 bits per heavy atom. The molecular formula is C20H20F2N4O3S. The van der Waals surface area contributed by atoms with Crippen molar-refractivity contribution in [1.29, 1.82) is 0 Å². The van der Waals surface area contributed by atoms with Gasteiger partial charge in [-0.2, -0.15) is 13.9 Å². The zero-order chi connectivity index (χ0) is 21.9. The van der Waals surface area contributed by atoms with E-state index < -0.39 is 26.4 Å². The van der Waals surface area contributed by atoms with E-state index in [1.54, 1.807) is 16.9 Å². The Morgan fingerprint density at radius 1 is 1.07 bits per heavy atom. The summed E-state index contributed by atoms with van der Waals surface area (Å²) in [5.74, 6) is -3.58. The molecule has 0 aliphatic carbocycles. The van der Waals surface area contributed by atoms with Crippen LogP contribution in [0.2, 0.25) is 0 Å². The summed E-state index contributed by atoms with van der Waals surface area (Å²) < 4.78 is 49.8. The molecule has 3 aromatic rings. The van der Waals surface area contributed by atoms with Crippen LogP contribution in [0.4, 0.5) is 20.3 Å². The minimum Gasteiger partial charge on any atom is -0.378 e. The van der Waals surface area contributed by atoms with Gasteiger partial charge in [0.05, 0.1) is 17.6 Å². The van der Waals surface area contributed by atoms with Crippen LogP contribution in [0.3, 0.4) is 0 Å². The van der Waals surface area contributed by atoms with Crippen LogP contribution in [0.25, 0.3) is 0 Å². The first-order valence-corrected chi connectivity index (χ1v) is 10.4. The van der Waals surface area contributed by atoms with Crippen molar-refractivity contribution in [3.63, 3.8) is 0 Å². The third kappa shape index (κ3) is 4.65. The first-order valence-electron chi connectivity index (χ1n) is 8.90. The van der Waals surface area contributed by atoms with Gasteiger partial charge in [-0.3, -0.25) is 4.79 Å². The number of carbonyl (C=O) groups excluding carboxylic acids is 1. The Balaban J connectivity index is 1.72. The van der Waals surface area contributed by atoms with Gasteiger partial charge in [0, 0.05) is 31.4 Å². The normalized spacial score (nSPS) is 11.5. The van der Waals surface area contributed by atoms with Crippen molar-refractivity contribution < 1.29 is 22.0 Å². The highest BCUT2D eigenvalue weighted by Gasteiger charge is 2.26. The summed E-state index contributed by atoms with van der Waals surface area (Å²) >= 11 is 0. The summed E-state index contributed by atoms with van der Waals surface area (Å²) in [7, 11) is -0.801. The first-order chi connectivity index (χ1) is 14.2. The number of aromatic nitrogens is 2. The van der Waals surface area contributed by atoms with E-state index in [0.29, 0.717) is 12.4 Å². The second-order valence-electron chi connectivity index (χ2n) is 6.72. The molecule has 0 bridgehead atoms. The third-order valence-electron chi connectivity index (χ3n) is 4.42. The lowest BCUT2D eigenvalue weighted by molar-refractivity contribution is 0.102. The maximum Gasteiger partial charge on any atom is 0.341 e. The molecule has 0 unspecified atom stereocenters. The summed E-state index contributed by atoms with van der Waals surface area (Å²) in [5.41, 5.74) is 2.18. The molecule has 0 saturated heterocycles. The molecule has 158 valence electrons. The molecule has 0 radical (unpaired) electrons. The Bertz CT molecular complexity index is 1130. The summed E-state index contributed by atoms with van der Waals surface area (Å²) in [6, 6.07) is 13.9. The highest BCUT2D eigenvalue weighted by atomic mass is 32.2. The summed E-state index contributed by atoms with van der Waals surface area (Å²) in [6.45, 7) is 0.432. The third-order valence-corrected chi connectivity index (χ3v) is 5.82. The molecule has 3 rings (SSSR count). The lowest BCUT2D eigenvalue weighted by atomic mass is 10.2. The van der Waals surface area contributed by atoms with Crippen molar-refractivity contribution in [2.45, 2.75) is 17.2 Å². The SMILES string of the molecule is CN(C)c1ccc(Cn2nccc2NC(=O)c2ccc(S(=O)(=O)C(F)F)cc2)cc1. The number of hydrogen-bond donors (Lipinski definition) is 1. The van der Waals surface area contributed by atoms with Crippen molar-refractivity contribution >= 4 is 27.2 Å². The minimum absolute atomic E-state index is 0.131. The van der Waals surface area contributed by atoms with Crippen LogP contribution < -0.4 is 10.2 Å². The summed E-state index contributed by atoms with van der Waals surface area (Å²) in [6.07, 6.45) is 1.54. The lowest BCUT2D eigenvalue weighted by Crippen LogP contribution is -2.17. The van der Waals surface area contributed by atoms with E-state index in [9.17, 15) is 22.0 Å². The largest absolute Gasteiger partial charge is 0.378 e. The van der Waals surface area contributed by atoms with Crippen LogP contribution in [0.5, 0.6) is 0 Å². The average molecular weight is 434 g/mol. The van der Waals surface area contributed by atoms with E-state index in [0.717, 1.165) is 23.4 Å². The number of halogens is 2. The number of carbonyl (C=O) groups is 1. The van der Waals surface area contributed by atoms with Crippen molar-refractivity contribution in [2.75, 3.05) is 24.3 Å². The number of nitrogens with zero attached hydrogens (tertiary/aromatic N) is 3. The Hall–Kier alpha value is -3.27. The lowest BCUT2D eigenvalue weighted by Gasteiger charge is -2.13. The summed E-state index contributed by atoms with van der Waals surface area (Å²) in [5, 5.41) is 6.90. The smallest absolute Gasteiger partial charge is 0.341 e. The molecule has 7 nitrogen and oxygen atoms in total. The number of rotatable bonds is 7. The van der Waals surface area contributed by atoms with Crippen LogP contribution in [0, 0.1) is 0 Å². The first kappa shape index (κ1) is 21.4. The minimum atomic E-state index is -4.70. The van der Waals surface area contributed by atoms with E-state index in [1.807, 2.05) is 43.3 Å². The highest BCUT2D eigenvalue weighted by Crippen LogP contribution is 2.20. The fraction of sp³-hybridized carbons (Fsp3) is 0.200. The quantitative estimate of drug-likeness (QED) is 0.617. The van der Waals surface area contributed by atoms with Gasteiger partial charge in [-0.25, -0.2) is 13.1 Å². The Labute approximate surface area is 172 Å². The maximum atomic E-state index is 12.6. The number of benzene rings is 2. The molecule has 0 aliphatic heterocycles. The van der Waals surface area contributed by atoms with Gasteiger partial charge in [0.1, 0.15) is 5.82 Å². The number of sulfone groups is 1. The van der Waals surface area contributed by atoms with Gasteiger partial charge in [0.2, 0.25) is 9.84 Å². The predicted octanol–water partition coefficient (Wildman–Crippen LogP) is 3.25. The summed E-state index contributed by atoms with van der Waals surface area (Å²) in [4.78, 5) is 13.9. The van der Waals surface area contributed by atoms with Crippen molar-refractivity contribution in [3.05, 3.63) is 71.9 Å². The fourth-order valence-corrected chi connectivity index (χ4v) is 3.45. The Kier molecular flexibility index (Phi) is 6.16. The second kappa shape index (κ2) is 8.62. The molecular weight excluding hydrogens is 414 g/mol. The molecule has 1 aromatic heterocycles. The van der Waals surface area contributed by atoms with E-state index in [-0.39, 0.29) is 5.56 Å². The maximum absolute atomic E-state index is 12.6. The van der Waals surface area contributed by atoms with Gasteiger partial charge in [-0.15, -0.1) is 0 Å². The predicted molar refractivity (Wildman–Crippen MR) is 110 cm³/mol. The van der Waals surface area contributed by atoms with Crippen molar-refractivity contribution in [1.82, 2.24) is 9.78 Å². The van der Waals surface area contributed by atoms with Crippen LogP contribution in [-0.2, 0) is 16.4 Å². The van der Waals surface area contributed by atoms with Crippen molar-refractivity contribution in [2.24, 2.45) is 0 Å². The second-order valence-corrected chi connectivity index (χ2v) is 8.64. The number of nitrogens with one attached hydrogen (secondary N) is 1. The standard InChI is InChI=1S/C20H20F2N4O3S/c1-25(2)16-7-3-14(4-8-16)13-26-18(11-12-23-26)24-19(27)15-5-9-17(10-6-15)30(28,29)20(21)22/h3-12,20H,13H2,1-2H3,(H,24,27). The topological polar surface area (TPSA) is 84.3 Å². The van der Waals surface area contributed by atoms with Gasteiger partial charge in [-0.05, 0) is 42.0 Å². The van der Waals surface area contributed by atoms with Gasteiger partial charge in [0.25, 0.3) is 5.91 Å². The average Bonchev–Trinajstić information content (AvgIpc) is 3.14. The highest BCUT2D eigenvalue weighted by molar-refractivity contribution is 7.91. The number of amides is 1. The molecule has 2 aromatic carbocycles. The molecule has 0 atom stereocenters. The molecule has 0 saturated carbocycles. The molecule has 1 amide bonds. The van der Waals surface area contributed by atoms with Crippen LogP contribution in [0.15, 0.2) is 65.7 Å². The van der Waals surface area contributed by atoms with E-state index >= 15 is 0 Å². The number of anilines is 2. The molecule has 0 aliphatic rings. The van der Waals surface area contributed by atoms with Crippen molar-refractivity contribution in [3.8, 4) is 0 Å². The molecule has 1 N–H and O–H groups in total. The zero-order valence-corrected chi connectivity index (χ0v) is 17.1. The molecule has 10 heteroatoms. The zero-order valence-electron chi connectivity index (χ0n) is 16.3. The fourth-order valence-electron chi connectivity index (χ4n) is 2.72. The van der Waals surface area contributed by atoms with Gasteiger partial charge >= 0.3 is 5.76 Å². The van der Waals surface area contributed by atoms with Crippen LogP contribution in [-0.4, -0.2) is 44.0 Å². The molecule has 1 heterocycles. The molecule has 30 heavy (non-hydrogen) atoms. The van der Waals surface area contributed by atoms with E-state index in [2.05, 4.69) is 10.4 Å². The van der Waals surface area contributed by atoms with Gasteiger partial charge in [-0.1, -0.05) is 12.1 Å². The number of alkyl halides is 2. The Morgan fingerprint density at radius 3 is 2.27 bits per heavy atom. The van der Waals surface area contributed by atoms with Gasteiger partial charge < -0.3 is 10.2 Å². The monoisotopic (exact) mass is 434 g/mol. The van der Waals surface area contributed by atoms with E-state index in [1.165, 1.54) is 12.1 Å². The van der Waals surface area contributed by atoms with Crippen LogP contribution >= 0.6 is 0 Å². The van der Waals surface area contributed by atoms with Crippen LogP contribution in [0.1, 0.15) is 15.9 Å². The van der Waals surface area contributed by atoms with Gasteiger partial charge in [0.15, 0.2) is 0 Å². The number of hydrogen-bond acceptors (Lipinski definition) is 5. The molecule has 0 fully saturated rings.